The van der Waals surface area contributed by atoms with Crippen molar-refractivity contribution in [1.29, 1.82) is 0 Å². The molecule has 6 nitrogen and oxygen atoms in total. The minimum absolute atomic E-state index is 0.0737. The standard InChI is InChI=1S/C65H122O6/c1-4-7-10-13-16-19-22-23-24-25-26-27-28-29-30-31-32-33-34-35-36-37-38-39-40-41-42-43-44-47-49-52-55-58-64(67)70-61-62(71-65(68)59-56-53-50-46-21-18-15-12-9-6-3)60-69-63(66)57-54-51-48-45-20-17-14-11-8-5-2/h11-12,14-15,62H,4-10,13,16-61H2,1-3H3/b14-11-,15-12-. The molecule has 0 rings (SSSR count). The Hall–Kier alpha value is -2.11. The highest BCUT2D eigenvalue weighted by molar-refractivity contribution is 5.71. The van der Waals surface area contributed by atoms with Gasteiger partial charge in [-0.1, -0.05) is 302 Å². The fourth-order valence-corrected chi connectivity index (χ4v) is 9.63. The molecule has 0 aliphatic rings. The van der Waals surface area contributed by atoms with E-state index in [9.17, 15) is 14.4 Å². The molecule has 0 radical (unpaired) electrons. The van der Waals surface area contributed by atoms with Crippen LogP contribution in [0.25, 0.3) is 0 Å². The van der Waals surface area contributed by atoms with Gasteiger partial charge in [0, 0.05) is 19.3 Å². The van der Waals surface area contributed by atoms with Crippen LogP contribution in [0.1, 0.15) is 355 Å². The van der Waals surface area contributed by atoms with E-state index >= 15 is 0 Å². The smallest absolute Gasteiger partial charge is 0.306 e. The zero-order valence-corrected chi connectivity index (χ0v) is 48.0. The molecule has 0 N–H and O–H groups in total. The predicted molar refractivity (Wildman–Crippen MR) is 307 cm³/mol. The van der Waals surface area contributed by atoms with E-state index in [-0.39, 0.29) is 31.1 Å². The first kappa shape index (κ1) is 68.9. The van der Waals surface area contributed by atoms with E-state index in [1.54, 1.807) is 0 Å². The van der Waals surface area contributed by atoms with Crippen molar-refractivity contribution in [3.8, 4) is 0 Å². The maximum Gasteiger partial charge on any atom is 0.306 e. The van der Waals surface area contributed by atoms with E-state index in [1.165, 1.54) is 225 Å². The lowest BCUT2D eigenvalue weighted by molar-refractivity contribution is -0.167. The predicted octanol–water partition coefficient (Wildman–Crippen LogP) is 21.4. The number of esters is 3. The highest BCUT2D eigenvalue weighted by Gasteiger charge is 2.19. The van der Waals surface area contributed by atoms with Crippen LogP contribution in [-0.2, 0) is 28.6 Å². The van der Waals surface area contributed by atoms with Crippen LogP contribution < -0.4 is 0 Å². The average Bonchev–Trinajstić information content (AvgIpc) is 3.37. The summed E-state index contributed by atoms with van der Waals surface area (Å²) >= 11 is 0. The summed E-state index contributed by atoms with van der Waals surface area (Å²) in [4.78, 5) is 38.0. The number of rotatable bonds is 59. The van der Waals surface area contributed by atoms with Crippen molar-refractivity contribution in [3.63, 3.8) is 0 Å². The average molecular weight is 1000 g/mol. The summed E-state index contributed by atoms with van der Waals surface area (Å²) in [6.45, 7) is 6.55. The van der Waals surface area contributed by atoms with Gasteiger partial charge in [0.05, 0.1) is 0 Å². The summed E-state index contributed by atoms with van der Waals surface area (Å²) in [7, 11) is 0. The van der Waals surface area contributed by atoms with E-state index in [1.807, 2.05) is 0 Å². The van der Waals surface area contributed by atoms with Crippen molar-refractivity contribution in [3.05, 3.63) is 24.3 Å². The number of hydrogen-bond acceptors (Lipinski definition) is 6. The number of allylic oxidation sites excluding steroid dienone is 4. The normalized spacial score (nSPS) is 12.1. The van der Waals surface area contributed by atoms with Crippen LogP contribution in [0.4, 0.5) is 0 Å². The molecular weight excluding hydrogens is 877 g/mol. The molecule has 0 aromatic heterocycles. The topological polar surface area (TPSA) is 78.9 Å². The first-order valence-corrected chi connectivity index (χ1v) is 31.8. The molecule has 6 heteroatoms. The molecule has 0 fully saturated rings. The minimum atomic E-state index is -0.774. The maximum absolute atomic E-state index is 12.8. The molecule has 0 aromatic carbocycles. The first-order valence-electron chi connectivity index (χ1n) is 31.8. The second kappa shape index (κ2) is 60.4. The molecule has 0 saturated carbocycles. The van der Waals surface area contributed by atoms with Gasteiger partial charge >= 0.3 is 17.9 Å². The lowest BCUT2D eigenvalue weighted by atomic mass is 10.0. The van der Waals surface area contributed by atoms with Gasteiger partial charge in [0.15, 0.2) is 6.10 Å². The van der Waals surface area contributed by atoms with Crippen molar-refractivity contribution < 1.29 is 28.6 Å². The molecule has 0 aliphatic heterocycles. The highest BCUT2D eigenvalue weighted by atomic mass is 16.6. The van der Waals surface area contributed by atoms with Crippen LogP contribution in [-0.4, -0.2) is 37.2 Å². The molecule has 1 unspecified atom stereocenters. The van der Waals surface area contributed by atoms with Crippen LogP contribution in [0, 0.1) is 0 Å². The Bertz CT molecular complexity index is 1150. The van der Waals surface area contributed by atoms with E-state index in [0.29, 0.717) is 19.3 Å². The summed E-state index contributed by atoms with van der Waals surface area (Å²) < 4.78 is 16.8. The third-order valence-electron chi connectivity index (χ3n) is 14.4. The van der Waals surface area contributed by atoms with Gasteiger partial charge in [0.25, 0.3) is 0 Å². The van der Waals surface area contributed by atoms with Gasteiger partial charge < -0.3 is 14.2 Å². The van der Waals surface area contributed by atoms with E-state index in [4.69, 9.17) is 14.2 Å². The number of unbranched alkanes of at least 4 members (excludes halogenated alkanes) is 44. The zero-order chi connectivity index (χ0) is 51.4. The SMILES string of the molecule is CCC/C=C\CCCCCCCC(=O)OCC(COC(=O)CCCCCCCCCCCCCCCCCCCCCCCCCCCCCCCCCCC)OC(=O)CCCCCCC/C=C\CCC. The van der Waals surface area contributed by atoms with Crippen molar-refractivity contribution in [2.45, 2.75) is 361 Å². The van der Waals surface area contributed by atoms with Gasteiger partial charge in [0.1, 0.15) is 13.2 Å². The fourth-order valence-electron chi connectivity index (χ4n) is 9.63. The van der Waals surface area contributed by atoms with E-state index < -0.39 is 6.10 Å². The Labute approximate surface area is 443 Å². The van der Waals surface area contributed by atoms with Gasteiger partial charge in [0.2, 0.25) is 0 Å². The Balaban J connectivity index is 3.91. The molecule has 71 heavy (non-hydrogen) atoms. The molecular formula is C65H122O6. The lowest BCUT2D eigenvalue weighted by Crippen LogP contribution is -2.30. The number of carbonyl (C=O) groups excluding carboxylic acids is 3. The zero-order valence-electron chi connectivity index (χ0n) is 48.0. The van der Waals surface area contributed by atoms with Crippen LogP contribution in [0.2, 0.25) is 0 Å². The molecule has 0 bridgehead atoms. The number of hydrogen-bond donors (Lipinski definition) is 0. The second-order valence-electron chi connectivity index (χ2n) is 21.7. The Kier molecular flexibility index (Phi) is 58.6. The van der Waals surface area contributed by atoms with Gasteiger partial charge in [-0.2, -0.15) is 0 Å². The molecule has 1 atom stereocenters. The van der Waals surface area contributed by atoms with Crippen molar-refractivity contribution in [1.82, 2.24) is 0 Å². The monoisotopic (exact) mass is 999 g/mol. The van der Waals surface area contributed by atoms with Gasteiger partial charge in [-0.15, -0.1) is 0 Å². The van der Waals surface area contributed by atoms with E-state index in [0.717, 1.165) is 89.9 Å². The van der Waals surface area contributed by atoms with Gasteiger partial charge in [-0.3, -0.25) is 14.4 Å². The number of ether oxygens (including phenoxy) is 3. The molecule has 0 amide bonds. The Morgan fingerprint density at radius 2 is 0.493 bits per heavy atom. The largest absolute Gasteiger partial charge is 0.462 e. The first-order chi connectivity index (χ1) is 35.0. The summed E-state index contributed by atoms with van der Waals surface area (Å²) in [6.07, 6.45) is 72.4. The Morgan fingerprint density at radius 3 is 0.761 bits per heavy atom. The summed E-state index contributed by atoms with van der Waals surface area (Å²) in [5.74, 6) is -0.880. The quantitative estimate of drug-likeness (QED) is 0.0261. The van der Waals surface area contributed by atoms with Crippen molar-refractivity contribution >= 4 is 17.9 Å². The maximum atomic E-state index is 12.8. The highest BCUT2D eigenvalue weighted by Crippen LogP contribution is 2.18. The molecule has 0 heterocycles. The van der Waals surface area contributed by atoms with Crippen LogP contribution in [0.3, 0.4) is 0 Å². The van der Waals surface area contributed by atoms with Crippen molar-refractivity contribution in [2.75, 3.05) is 13.2 Å². The molecule has 0 aliphatic carbocycles. The van der Waals surface area contributed by atoms with Crippen LogP contribution in [0.15, 0.2) is 24.3 Å². The van der Waals surface area contributed by atoms with Crippen molar-refractivity contribution in [2.24, 2.45) is 0 Å². The fraction of sp³-hybridized carbons (Fsp3) is 0.892. The second-order valence-corrected chi connectivity index (χ2v) is 21.7. The summed E-state index contributed by atoms with van der Waals surface area (Å²) in [6, 6.07) is 0. The Morgan fingerprint density at radius 1 is 0.268 bits per heavy atom. The lowest BCUT2D eigenvalue weighted by Gasteiger charge is -2.18. The molecule has 0 saturated heterocycles. The summed E-state index contributed by atoms with van der Waals surface area (Å²) in [5.41, 5.74) is 0. The van der Waals surface area contributed by atoms with Crippen LogP contribution >= 0.6 is 0 Å². The molecule has 0 aromatic rings. The molecule has 418 valence electrons. The molecule has 0 spiro atoms. The van der Waals surface area contributed by atoms with Gasteiger partial charge in [-0.05, 0) is 57.8 Å². The van der Waals surface area contributed by atoms with Gasteiger partial charge in [-0.25, -0.2) is 0 Å². The van der Waals surface area contributed by atoms with Crippen LogP contribution in [0.5, 0.6) is 0 Å². The third kappa shape index (κ3) is 58.7. The minimum Gasteiger partial charge on any atom is -0.462 e. The third-order valence-corrected chi connectivity index (χ3v) is 14.4. The van der Waals surface area contributed by atoms with E-state index in [2.05, 4.69) is 45.1 Å². The number of carbonyl (C=O) groups is 3. The summed E-state index contributed by atoms with van der Waals surface area (Å²) in [5, 5.41) is 0.